The molecule has 0 bridgehead atoms. The Balaban J connectivity index is 1.77. The van der Waals surface area contributed by atoms with Gasteiger partial charge in [0.1, 0.15) is 23.0 Å². The molecule has 1 aliphatic rings. The Morgan fingerprint density at radius 2 is 1.88 bits per heavy atom. The molecular formula is C22H19F5N4O2. The quantitative estimate of drug-likeness (QED) is 0.406. The molecule has 1 atom stereocenters. The Morgan fingerprint density at radius 1 is 1.18 bits per heavy atom. The molecule has 2 aromatic heterocycles. The number of carbonyl (C=O) groups excluding carboxylic acids is 1. The Hall–Kier alpha value is -3.37. The first kappa shape index (κ1) is 22.8. The van der Waals surface area contributed by atoms with E-state index in [4.69, 9.17) is 0 Å². The van der Waals surface area contributed by atoms with Gasteiger partial charge in [0.15, 0.2) is 0 Å². The zero-order valence-corrected chi connectivity index (χ0v) is 17.6. The number of nitrogens with zero attached hydrogens (tertiary/aromatic N) is 3. The fraction of sp³-hybridized carbons (Fsp3) is 0.364. The van der Waals surface area contributed by atoms with Gasteiger partial charge in [0, 0.05) is 17.8 Å². The second-order valence-electron chi connectivity index (χ2n) is 8.04. The minimum absolute atomic E-state index is 0.0644. The number of aromatic nitrogens is 3. The molecule has 0 spiro atoms. The molecule has 1 aliphatic carbocycles. The standard InChI is InChI=1S/C22H19F5N4O2/c1-10(12-4-3-5-13(17(12)23)18(33)19(24)25)28-20-14-9-31(22(6-7-22)21(26)27)16(32)8-15(14)29-11(2)30-20/h3-5,8-10,19,21H,6-7H2,1-2H3,(H,28,29,30)/t10-/m1/s1. The van der Waals surface area contributed by atoms with E-state index >= 15 is 0 Å². The van der Waals surface area contributed by atoms with Crippen LogP contribution in [0.5, 0.6) is 0 Å². The highest BCUT2D eigenvalue weighted by Gasteiger charge is 2.53. The van der Waals surface area contributed by atoms with Crippen molar-refractivity contribution in [3.8, 4) is 0 Å². The summed E-state index contributed by atoms with van der Waals surface area (Å²) in [5.74, 6) is -2.31. The van der Waals surface area contributed by atoms with Gasteiger partial charge in [-0.3, -0.25) is 9.59 Å². The van der Waals surface area contributed by atoms with E-state index in [1.165, 1.54) is 25.3 Å². The number of hydrogen-bond donors (Lipinski definition) is 1. The minimum Gasteiger partial charge on any atom is -0.363 e. The number of anilines is 1. The number of benzene rings is 1. The molecule has 11 heteroatoms. The maximum absolute atomic E-state index is 14.8. The normalized spacial score (nSPS) is 15.8. The summed E-state index contributed by atoms with van der Waals surface area (Å²) in [4.78, 5) is 32.6. The summed E-state index contributed by atoms with van der Waals surface area (Å²) < 4.78 is 68.6. The van der Waals surface area contributed by atoms with Crippen molar-refractivity contribution < 1.29 is 26.7 Å². The van der Waals surface area contributed by atoms with E-state index in [0.29, 0.717) is 0 Å². The molecule has 0 unspecified atom stereocenters. The molecule has 0 aliphatic heterocycles. The smallest absolute Gasteiger partial charge is 0.300 e. The highest BCUT2D eigenvalue weighted by Crippen LogP contribution is 2.48. The topological polar surface area (TPSA) is 76.9 Å². The summed E-state index contributed by atoms with van der Waals surface area (Å²) in [6.07, 6.45) is -4.53. The number of pyridine rings is 1. The van der Waals surface area contributed by atoms with E-state index in [9.17, 15) is 31.5 Å². The average molecular weight is 466 g/mol. The molecular weight excluding hydrogens is 447 g/mol. The summed E-state index contributed by atoms with van der Waals surface area (Å²) in [7, 11) is 0. The fourth-order valence-corrected chi connectivity index (χ4v) is 3.84. The van der Waals surface area contributed by atoms with Crippen LogP contribution in [0.3, 0.4) is 0 Å². The number of nitrogens with one attached hydrogen (secondary N) is 1. The minimum atomic E-state index is -3.35. The number of alkyl halides is 4. The molecule has 0 radical (unpaired) electrons. The third-order valence-electron chi connectivity index (χ3n) is 5.80. The second-order valence-corrected chi connectivity index (χ2v) is 8.04. The molecule has 33 heavy (non-hydrogen) atoms. The van der Waals surface area contributed by atoms with Gasteiger partial charge in [0.25, 0.3) is 12.0 Å². The van der Waals surface area contributed by atoms with Crippen LogP contribution >= 0.6 is 0 Å². The Kier molecular flexibility index (Phi) is 5.67. The number of fused-ring (bicyclic) bond motifs is 1. The number of Topliss-reactive ketones (excluding diaryl/α,β-unsaturated/α-hetero) is 1. The number of halogens is 5. The number of rotatable bonds is 7. The number of carbonyl (C=O) groups is 1. The maximum atomic E-state index is 14.8. The fourth-order valence-electron chi connectivity index (χ4n) is 3.84. The molecule has 174 valence electrons. The van der Waals surface area contributed by atoms with E-state index in [0.717, 1.165) is 16.7 Å². The first-order chi connectivity index (χ1) is 15.5. The second kappa shape index (κ2) is 8.20. The van der Waals surface area contributed by atoms with Gasteiger partial charge in [-0.05, 0) is 32.8 Å². The van der Waals surface area contributed by atoms with E-state index in [1.807, 2.05) is 0 Å². The molecule has 3 aromatic rings. The van der Waals surface area contributed by atoms with Gasteiger partial charge < -0.3 is 9.88 Å². The lowest BCUT2D eigenvalue weighted by atomic mass is 10.0. The lowest BCUT2D eigenvalue weighted by Gasteiger charge is -2.21. The van der Waals surface area contributed by atoms with Crippen molar-refractivity contribution in [2.75, 3.05) is 5.32 Å². The van der Waals surface area contributed by atoms with Crippen molar-refractivity contribution >= 4 is 22.5 Å². The maximum Gasteiger partial charge on any atom is 0.300 e. The van der Waals surface area contributed by atoms with Crippen LogP contribution in [0.15, 0.2) is 35.3 Å². The molecule has 0 saturated heterocycles. The van der Waals surface area contributed by atoms with Gasteiger partial charge in [-0.25, -0.2) is 31.9 Å². The van der Waals surface area contributed by atoms with Crippen LogP contribution in [-0.2, 0) is 5.54 Å². The molecule has 0 amide bonds. The first-order valence-corrected chi connectivity index (χ1v) is 10.1. The van der Waals surface area contributed by atoms with Crippen LogP contribution in [-0.4, -0.2) is 33.2 Å². The average Bonchev–Trinajstić information content (AvgIpc) is 3.54. The van der Waals surface area contributed by atoms with Gasteiger partial charge in [0.05, 0.1) is 22.5 Å². The van der Waals surface area contributed by atoms with Crippen molar-refractivity contribution in [2.24, 2.45) is 0 Å². The summed E-state index contributed by atoms with van der Waals surface area (Å²) in [6.45, 7) is 3.08. The van der Waals surface area contributed by atoms with Crippen molar-refractivity contribution in [1.29, 1.82) is 0 Å². The molecule has 1 aromatic carbocycles. The number of hydrogen-bond acceptors (Lipinski definition) is 5. The van der Waals surface area contributed by atoms with E-state index in [2.05, 4.69) is 15.3 Å². The molecule has 2 heterocycles. The summed E-state index contributed by atoms with van der Waals surface area (Å²) in [5.41, 5.74) is -2.78. The van der Waals surface area contributed by atoms with Crippen LogP contribution in [0.4, 0.5) is 27.8 Å². The van der Waals surface area contributed by atoms with E-state index in [1.54, 1.807) is 6.92 Å². The highest BCUT2D eigenvalue weighted by molar-refractivity contribution is 5.99. The molecule has 1 fully saturated rings. The monoisotopic (exact) mass is 466 g/mol. The van der Waals surface area contributed by atoms with Crippen LogP contribution in [0.25, 0.3) is 10.9 Å². The molecule has 1 N–H and O–H groups in total. The Morgan fingerprint density at radius 3 is 2.48 bits per heavy atom. The Bertz CT molecular complexity index is 1300. The SMILES string of the molecule is Cc1nc(N[C@H](C)c2cccc(C(=O)C(F)F)c2F)c2cn(C3(C(F)F)CC3)c(=O)cc2n1. The van der Waals surface area contributed by atoms with Crippen molar-refractivity contribution in [1.82, 2.24) is 14.5 Å². The van der Waals surface area contributed by atoms with Gasteiger partial charge in [0.2, 0.25) is 5.78 Å². The molecule has 6 nitrogen and oxygen atoms in total. The van der Waals surface area contributed by atoms with Crippen LogP contribution in [0.1, 0.15) is 47.6 Å². The van der Waals surface area contributed by atoms with Crippen LogP contribution in [0.2, 0.25) is 0 Å². The van der Waals surface area contributed by atoms with Gasteiger partial charge in [-0.1, -0.05) is 12.1 Å². The van der Waals surface area contributed by atoms with Gasteiger partial charge in [-0.2, -0.15) is 0 Å². The van der Waals surface area contributed by atoms with Crippen molar-refractivity contribution in [3.63, 3.8) is 0 Å². The van der Waals surface area contributed by atoms with E-state index in [-0.39, 0.29) is 41.0 Å². The summed E-state index contributed by atoms with van der Waals surface area (Å²) >= 11 is 0. The predicted molar refractivity (Wildman–Crippen MR) is 111 cm³/mol. The first-order valence-electron chi connectivity index (χ1n) is 10.1. The van der Waals surface area contributed by atoms with Crippen LogP contribution in [0, 0.1) is 12.7 Å². The highest BCUT2D eigenvalue weighted by atomic mass is 19.3. The van der Waals surface area contributed by atoms with E-state index < -0.39 is 47.2 Å². The number of aryl methyl sites for hydroxylation is 1. The van der Waals surface area contributed by atoms with Crippen molar-refractivity contribution in [3.05, 3.63) is 63.6 Å². The zero-order valence-electron chi connectivity index (χ0n) is 17.6. The van der Waals surface area contributed by atoms with Gasteiger partial charge in [-0.15, -0.1) is 0 Å². The summed E-state index contributed by atoms with van der Waals surface area (Å²) in [6, 6.07) is 3.88. The third kappa shape index (κ3) is 3.96. The van der Waals surface area contributed by atoms with Gasteiger partial charge >= 0.3 is 6.43 Å². The van der Waals surface area contributed by atoms with Crippen molar-refractivity contribution in [2.45, 2.75) is 51.1 Å². The lowest BCUT2D eigenvalue weighted by molar-refractivity contribution is 0.0654. The summed E-state index contributed by atoms with van der Waals surface area (Å²) in [5, 5.41) is 3.20. The molecule has 4 rings (SSSR count). The zero-order chi connectivity index (χ0) is 24.1. The third-order valence-corrected chi connectivity index (χ3v) is 5.80. The number of ketones is 1. The molecule has 1 saturated carbocycles. The Labute approximate surface area is 184 Å². The predicted octanol–water partition coefficient (Wildman–Crippen LogP) is 4.61. The largest absolute Gasteiger partial charge is 0.363 e. The lowest BCUT2D eigenvalue weighted by Crippen LogP contribution is -2.35. The van der Waals surface area contributed by atoms with Crippen LogP contribution < -0.4 is 10.9 Å².